The van der Waals surface area contributed by atoms with Gasteiger partial charge in [-0.3, -0.25) is 9.47 Å². The van der Waals surface area contributed by atoms with E-state index in [2.05, 4.69) is 31.1 Å². The van der Waals surface area contributed by atoms with Crippen LogP contribution >= 0.6 is 11.6 Å². The van der Waals surface area contributed by atoms with Crippen molar-refractivity contribution in [2.75, 3.05) is 42.5 Å². The lowest BCUT2D eigenvalue weighted by molar-refractivity contribution is -0.148. The SMILES string of the molecule is N#Cc1cccc(N2CC3(C2)CN(c2nnc4n2-c2ccc(Cl)cc2CN(CC(F)(F)F)C4)C3)n1. The third-order valence-electron chi connectivity index (χ3n) is 6.72. The third kappa shape index (κ3) is 3.96. The molecular weight excluding hydrogens is 481 g/mol. The van der Waals surface area contributed by atoms with E-state index < -0.39 is 12.7 Å². The zero-order chi connectivity index (χ0) is 24.4. The standard InChI is InChI=1S/C23H20ClF3N8/c24-16-4-5-18-15(6-16)8-32(14-23(25,26)27)9-20-30-31-21(35(18)20)34-12-22(13-34)10-33(11-22)19-3-1-2-17(7-28)29-19/h1-6H,8-14H2. The maximum atomic E-state index is 13.2. The highest BCUT2D eigenvalue weighted by Crippen LogP contribution is 2.44. The van der Waals surface area contributed by atoms with Crippen LogP contribution < -0.4 is 9.80 Å². The Bertz CT molecular complexity index is 1330. The fourth-order valence-corrected chi connectivity index (χ4v) is 5.51. The summed E-state index contributed by atoms with van der Waals surface area (Å²) in [6, 6.07) is 12.7. The molecule has 1 spiro atoms. The minimum absolute atomic E-state index is 0.0342. The summed E-state index contributed by atoms with van der Waals surface area (Å²) < 4.78 is 41.4. The van der Waals surface area contributed by atoms with Crippen LogP contribution in [0.2, 0.25) is 5.02 Å². The normalized spacial score (nSPS) is 18.8. The van der Waals surface area contributed by atoms with Gasteiger partial charge in [0.25, 0.3) is 0 Å². The van der Waals surface area contributed by atoms with Gasteiger partial charge in [0.2, 0.25) is 5.95 Å². The molecular formula is C23H20ClF3N8. The van der Waals surface area contributed by atoms with Crippen LogP contribution in [-0.4, -0.2) is 63.5 Å². The van der Waals surface area contributed by atoms with Crippen LogP contribution in [0.15, 0.2) is 36.4 Å². The lowest BCUT2D eigenvalue weighted by Crippen LogP contribution is -2.73. The van der Waals surface area contributed by atoms with Crippen LogP contribution in [0.3, 0.4) is 0 Å². The average molecular weight is 501 g/mol. The zero-order valence-electron chi connectivity index (χ0n) is 18.5. The van der Waals surface area contributed by atoms with E-state index in [9.17, 15) is 13.2 Å². The van der Waals surface area contributed by atoms with Gasteiger partial charge in [0, 0.05) is 43.2 Å². The molecule has 8 nitrogen and oxygen atoms in total. The molecule has 2 fully saturated rings. The molecule has 0 bridgehead atoms. The second-order valence-corrected chi connectivity index (χ2v) is 9.93. The molecule has 0 amide bonds. The summed E-state index contributed by atoms with van der Waals surface area (Å²) in [5.41, 5.74) is 1.94. The summed E-state index contributed by atoms with van der Waals surface area (Å²) in [5.74, 6) is 1.89. The Morgan fingerprint density at radius 2 is 1.80 bits per heavy atom. The highest BCUT2D eigenvalue weighted by molar-refractivity contribution is 6.30. The van der Waals surface area contributed by atoms with Gasteiger partial charge < -0.3 is 9.80 Å². The Morgan fingerprint density at radius 1 is 1.03 bits per heavy atom. The molecule has 12 heteroatoms. The molecule has 3 aliphatic heterocycles. The number of nitriles is 1. The molecule has 180 valence electrons. The van der Waals surface area contributed by atoms with Crippen LogP contribution in [0, 0.1) is 16.7 Å². The van der Waals surface area contributed by atoms with Gasteiger partial charge in [-0.15, -0.1) is 10.2 Å². The van der Waals surface area contributed by atoms with Crippen LogP contribution in [0.4, 0.5) is 24.9 Å². The highest BCUT2D eigenvalue weighted by Gasteiger charge is 2.53. The molecule has 0 radical (unpaired) electrons. The summed E-state index contributed by atoms with van der Waals surface area (Å²) in [6.07, 6.45) is -4.32. The molecule has 2 aromatic heterocycles. The minimum Gasteiger partial charge on any atom is -0.355 e. The lowest BCUT2D eigenvalue weighted by Gasteiger charge is -2.60. The number of hydrogen-bond acceptors (Lipinski definition) is 7. The molecule has 35 heavy (non-hydrogen) atoms. The second kappa shape index (κ2) is 7.83. The molecule has 0 atom stereocenters. The number of alkyl halides is 3. The first-order valence-corrected chi connectivity index (χ1v) is 11.5. The van der Waals surface area contributed by atoms with Crippen LogP contribution in [0.5, 0.6) is 0 Å². The van der Waals surface area contributed by atoms with E-state index in [-0.39, 0.29) is 18.5 Å². The molecule has 6 rings (SSSR count). The molecule has 3 aromatic rings. The molecule has 0 unspecified atom stereocenters. The van der Waals surface area contributed by atoms with E-state index in [0.717, 1.165) is 37.7 Å². The Morgan fingerprint density at radius 3 is 2.54 bits per heavy atom. The summed E-state index contributed by atoms with van der Waals surface area (Å²) in [7, 11) is 0. The van der Waals surface area contributed by atoms with Crippen molar-refractivity contribution in [2.45, 2.75) is 19.3 Å². The first-order chi connectivity index (χ1) is 16.7. The van der Waals surface area contributed by atoms with Crippen LogP contribution in [0.25, 0.3) is 5.69 Å². The second-order valence-electron chi connectivity index (χ2n) is 9.49. The van der Waals surface area contributed by atoms with E-state index >= 15 is 0 Å². The van der Waals surface area contributed by atoms with E-state index in [1.165, 1.54) is 4.90 Å². The van der Waals surface area contributed by atoms with E-state index in [4.69, 9.17) is 16.9 Å². The number of pyridine rings is 1. The molecule has 1 aromatic carbocycles. The average Bonchev–Trinajstić information content (AvgIpc) is 3.07. The lowest BCUT2D eigenvalue weighted by atomic mass is 9.73. The van der Waals surface area contributed by atoms with Crippen molar-refractivity contribution in [3.05, 3.63) is 58.5 Å². The third-order valence-corrected chi connectivity index (χ3v) is 6.95. The largest absolute Gasteiger partial charge is 0.401 e. The van der Waals surface area contributed by atoms with Crippen molar-refractivity contribution in [3.8, 4) is 11.8 Å². The van der Waals surface area contributed by atoms with Crippen molar-refractivity contribution >= 4 is 23.4 Å². The first-order valence-electron chi connectivity index (χ1n) is 11.1. The monoisotopic (exact) mass is 500 g/mol. The molecule has 0 saturated carbocycles. The van der Waals surface area contributed by atoms with Gasteiger partial charge in [0.15, 0.2) is 5.82 Å². The van der Waals surface area contributed by atoms with E-state index in [1.807, 2.05) is 22.8 Å². The van der Waals surface area contributed by atoms with Crippen molar-refractivity contribution in [3.63, 3.8) is 0 Å². The fraction of sp³-hybridized carbons (Fsp3) is 0.391. The van der Waals surface area contributed by atoms with Crippen molar-refractivity contribution < 1.29 is 13.2 Å². The maximum Gasteiger partial charge on any atom is 0.401 e. The fourth-order valence-electron chi connectivity index (χ4n) is 5.31. The maximum absolute atomic E-state index is 13.2. The molecule has 0 aliphatic carbocycles. The summed E-state index contributed by atoms with van der Waals surface area (Å²) in [5, 5.41) is 18.2. The Hall–Kier alpha value is -3.36. The molecule has 2 saturated heterocycles. The van der Waals surface area contributed by atoms with Gasteiger partial charge in [0.05, 0.1) is 18.8 Å². The molecule has 3 aliphatic rings. The van der Waals surface area contributed by atoms with Crippen molar-refractivity contribution in [1.82, 2.24) is 24.6 Å². The highest BCUT2D eigenvalue weighted by atomic mass is 35.5. The predicted molar refractivity (Wildman–Crippen MR) is 122 cm³/mol. The van der Waals surface area contributed by atoms with Gasteiger partial charge in [-0.1, -0.05) is 17.7 Å². The van der Waals surface area contributed by atoms with Crippen LogP contribution in [-0.2, 0) is 13.1 Å². The van der Waals surface area contributed by atoms with E-state index in [0.29, 0.717) is 28.1 Å². The molecule has 5 heterocycles. The smallest absolute Gasteiger partial charge is 0.355 e. The van der Waals surface area contributed by atoms with Crippen LogP contribution in [0.1, 0.15) is 17.1 Å². The summed E-state index contributed by atoms with van der Waals surface area (Å²) >= 11 is 6.18. The number of fused-ring (bicyclic) bond motifs is 3. The quantitative estimate of drug-likeness (QED) is 0.545. The summed E-state index contributed by atoms with van der Waals surface area (Å²) in [6.45, 7) is 2.27. The van der Waals surface area contributed by atoms with Crippen molar-refractivity contribution in [2.24, 2.45) is 5.41 Å². The Balaban J connectivity index is 1.23. The number of aromatic nitrogens is 4. The zero-order valence-corrected chi connectivity index (χ0v) is 19.3. The van der Waals surface area contributed by atoms with Gasteiger partial charge in [0.1, 0.15) is 17.6 Å². The van der Waals surface area contributed by atoms with E-state index in [1.54, 1.807) is 18.2 Å². The van der Waals surface area contributed by atoms with Gasteiger partial charge in [-0.25, -0.2) is 4.98 Å². The first kappa shape index (κ1) is 22.1. The number of anilines is 2. The number of hydrogen-bond donors (Lipinski definition) is 0. The van der Waals surface area contributed by atoms with Gasteiger partial charge in [-0.05, 0) is 35.9 Å². The number of benzene rings is 1. The topological polar surface area (TPSA) is 77.1 Å². The van der Waals surface area contributed by atoms with Crippen molar-refractivity contribution in [1.29, 1.82) is 5.26 Å². The Labute approximate surface area is 204 Å². The summed E-state index contributed by atoms with van der Waals surface area (Å²) in [4.78, 5) is 9.95. The Kier molecular flexibility index (Phi) is 4.95. The van der Waals surface area contributed by atoms with Gasteiger partial charge >= 0.3 is 6.18 Å². The van der Waals surface area contributed by atoms with Gasteiger partial charge in [-0.2, -0.15) is 18.4 Å². The number of rotatable bonds is 3. The predicted octanol–water partition coefficient (Wildman–Crippen LogP) is 3.39. The minimum atomic E-state index is -4.32. The molecule has 0 N–H and O–H groups in total. The number of halogens is 4. The number of nitrogens with zero attached hydrogens (tertiary/aromatic N) is 8.